The number of aliphatic carboxylic acids is 1. The van der Waals surface area contributed by atoms with Crippen LogP contribution in [0, 0.1) is 0 Å². The lowest BCUT2D eigenvalue weighted by Crippen LogP contribution is -2.40. The van der Waals surface area contributed by atoms with E-state index in [1.54, 1.807) is 0 Å². The number of carbonyl (C=O) groups is 3. The Morgan fingerprint density at radius 1 is 0.307 bits per heavy atom. The van der Waals surface area contributed by atoms with Crippen molar-refractivity contribution in [1.82, 2.24) is 0 Å². The molecule has 2 unspecified atom stereocenters. The molecule has 0 bridgehead atoms. The number of carboxylic acids is 1. The van der Waals surface area contributed by atoms with E-state index >= 15 is 0 Å². The predicted molar refractivity (Wildman–Crippen MR) is 437 cm³/mol. The Balaban J connectivity index is 4.03. The van der Waals surface area contributed by atoms with Crippen LogP contribution in [0.3, 0.4) is 0 Å². The van der Waals surface area contributed by atoms with Crippen molar-refractivity contribution in [3.8, 4) is 0 Å². The molecule has 0 aliphatic rings. The number of nitrogens with zero attached hydrogens (tertiary/aromatic N) is 1. The average Bonchev–Trinajstić information content (AvgIpc) is 1.25. The standard InChI is InChI=1S/C92H157NO8/c1-6-8-10-12-14-16-18-20-22-24-26-28-30-32-34-36-38-40-42-43-44-45-46-47-49-50-52-54-56-58-60-62-64-66-68-70-72-74-76-78-80-82-89(94)99-86-88(87-100-92(91(96)97)98-85-84-93(3,4)5)101-90(95)83-81-79-77-75-73-71-69-67-65-63-61-59-57-55-53-51-48-41-39-37-35-33-31-29-27-25-23-21-19-17-15-13-11-9-7-2/h9,11,15,17-18,20-21,23-24,26-27,29-30,32-33,35,39,41,51,53,57,59,63,65,88,92H,6-8,10,12-14,16,19,22,25,28,31,34,36-38,40,42-50,52,54-56,58,60-62,64,66-87H2,1-5H3/p+1/b11-9-,17-15-,20-18-,23-21-,26-24-,29-27-,32-30-,35-33-,41-39-,53-51-,59-57-,65-63-. The fourth-order valence-corrected chi connectivity index (χ4v) is 11.7. The van der Waals surface area contributed by atoms with Gasteiger partial charge in [0.05, 0.1) is 34.4 Å². The maximum atomic E-state index is 13.0. The molecule has 0 amide bonds. The number of unbranched alkanes of at least 4 members (excludes halogenated alkanes) is 38. The smallest absolute Gasteiger partial charge is 0.361 e. The molecule has 9 nitrogen and oxygen atoms in total. The summed E-state index contributed by atoms with van der Waals surface area (Å²) in [6.07, 6.45) is 116. The molecule has 0 saturated carbocycles. The lowest BCUT2D eigenvalue weighted by Gasteiger charge is -2.25. The van der Waals surface area contributed by atoms with E-state index in [-0.39, 0.29) is 32.2 Å². The van der Waals surface area contributed by atoms with E-state index in [1.165, 1.54) is 212 Å². The lowest BCUT2D eigenvalue weighted by molar-refractivity contribution is -0.870. The SMILES string of the molecule is CC/C=C\C/C=C\C/C=C\C/C=C\C/C=C\C/C=C\C/C=C\C/C=C\C/C=C\CCCCCCCCCC(=O)OC(COC(=O)CCCCCCCCCCCCCCCCCCCCCCCCCCCC/C=C\C/C=C\C/C=C\CCCCCCC)COC(OCC[N+](C)(C)C)C(=O)O. The van der Waals surface area contributed by atoms with E-state index in [0.717, 1.165) is 116 Å². The van der Waals surface area contributed by atoms with Crippen molar-refractivity contribution in [2.24, 2.45) is 0 Å². The van der Waals surface area contributed by atoms with Crippen molar-refractivity contribution in [1.29, 1.82) is 0 Å². The number of carbonyl (C=O) groups excluding carboxylic acids is 2. The van der Waals surface area contributed by atoms with Crippen LogP contribution in [0.15, 0.2) is 146 Å². The molecule has 0 radical (unpaired) electrons. The van der Waals surface area contributed by atoms with Crippen LogP contribution in [0.2, 0.25) is 0 Å². The van der Waals surface area contributed by atoms with Gasteiger partial charge in [-0.15, -0.1) is 0 Å². The maximum Gasteiger partial charge on any atom is 0.361 e. The van der Waals surface area contributed by atoms with Crippen LogP contribution >= 0.6 is 0 Å². The van der Waals surface area contributed by atoms with Crippen LogP contribution in [0.1, 0.15) is 361 Å². The van der Waals surface area contributed by atoms with E-state index in [1.807, 2.05) is 21.1 Å². The van der Waals surface area contributed by atoms with Crippen molar-refractivity contribution in [2.45, 2.75) is 373 Å². The molecular weight excluding hydrogens is 1250 g/mol. The van der Waals surface area contributed by atoms with Gasteiger partial charge >= 0.3 is 17.9 Å². The molecule has 0 aromatic heterocycles. The summed E-state index contributed by atoms with van der Waals surface area (Å²) < 4.78 is 23.0. The van der Waals surface area contributed by atoms with Gasteiger partial charge in [-0.3, -0.25) is 9.59 Å². The topological polar surface area (TPSA) is 108 Å². The Labute approximate surface area is 623 Å². The van der Waals surface area contributed by atoms with Crippen molar-refractivity contribution in [3.63, 3.8) is 0 Å². The molecule has 0 fully saturated rings. The summed E-state index contributed by atoms with van der Waals surface area (Å²) in [4.78, 5) is 37.8. The van der Waals surface area contributed by atoms with E-state index in [2.05, 4.69) is 160 Å². The maximum absolute atomic E-state index is 13.0. The Morgan fingerprint density at radius 2 is 0.564 bits per heavy atom. The van der Waals surface area contributed by atoms with Crippen molar-refractivity contribution in [3.05, 3.63) is 146 Å². The zero-order chi connectivity index (χ0) is 73.2. The van der Waals surface area contributed by atoms with Crippen LogP contribution < -0.4 is 0 Å². The molecule has 0 rings (SSSR count). The first-order valence-corrected chi connectivity index (χ1v) is 42.0. The van der Waals surface area contributed by atoms with E-state index in [0.29, 0.717) is 23.9 Å². The quantitative estimate of drug-likeness (QED) is 0.0211. The Bertz CT molecular complexity index is 2180. The van der Waals surface area contributed by atoms with Crippen LogP contribution in [0.25, 0.3) is 0 Å². The number of allylic oxidation sites excluding steroid dienone is 24. The normalized spacial score (nSPS) is 13.4. The summed E-state index contributed by atoms with van der Waals surface area (Å²) in [5.41, 5.74) is 0. The van der Waals surface area contributed by atoms with Crippen LogP contribution in [-0.4, -0.2) is 87.4 Å². The highest BCUT2D eigenvalue weighted by atomic mass is 16.7. The van der Waals surface area contributed by atoms with Crippen molar-refractivity contribution in [2.75, 3.05) is 47.5 Å². The Morgan fingerprint density at radius 3 is 0.842 bits per heavy atom. The fourth-order valence-electron chi connectivity index (χ4n) is 11.7. The number of rotatable bonds is 77. The molecule has 578 valence electrons. The van der Waals surface area contributed by atoms with Gasteiger partial charge in [0.25, 0.3) is 6.29 Å². The minimum atomic E-state index is -1.52. The second-order valence-electron chi connectivity index (χ2n) is 29.1. The van der Waals surface area contributed by atoms with Gasteiger partial charge < -0.3 is 28.5 Å². The number of carboxylic acid groups (broad SMARTS) is 1. The molecular formula is C92H158NO8+. The van der Waals surface area contributed by atoms with Crippen LogP contribution in [0.5, 0.6) is 0 Å². The minimum Gasteiger partial charge on any atom is -0.477 e. The third-order valence-electron chi connectivity index (χ3n) is 18.1. The number of hydrogen-bond acceptors (Lipinski definition) is 7. The zero-order valence-electron chi connectivity index (χ0n) is 66.3. The Hall–Kier alpha value is -4.83. The molecule has 0 aliphatic heterocycles. The van der Waals surface area contributed by atoms with Gasteiger partial charge in [0.2, 0.25) is 0 Å². The highest BCUT2D eigenvalue weighted by Crippen LogP contribution is 2.19. The molecule has 1 N–H and O–H groups in total. The molecule has 0 spiro atoms. The monoisotopic (exact) mass is 1410 g/mol. The highest BCUT2D eigenvalue weighted by Gasteiger charge is 2.25. The zero-order valence-corrected chi connectivity index (χ0v) is 66.3. The summed E-state index contributed by atoms with van der Waals surface area (Å²) >= 11 is 0. The Kier molecular flexibility index (Phi) is 77.0. The molecule has 0 aromatic rings. The largest absolute Gasteiger partial charge is 0.477 e. The predicted octanol–water partition coefficient (Wildman–Crippen LogP) is 27.4. The lowest BCUT2D eigenvalue weighted by atomic mass is 10.0. The molecule has 2 atom stereocenters. The second-order valence-corrected chi connectivity index (χ2v) is 29.1. The number of ether oxygens (including phenoxy) is 4. The third kappa shape index (κ3) is 82.3. The molecule has 0 aromatic carbocycles. The first-order chi connectivity index (χ1) is 49.6. The summed E-state index contributed by atoms with van der Waals surface area (Å²) in [6.45, 7) is 4.76. The average molecular weight is 1410 g/mol. The van der Waals surface area contributed by atoms with E-state index in [4.69, 9.17) is 18.9 Å². The van der Waals surface area contributed by atoms with Gasteiger partial charge in [-0.2, -0.15) is 0 Å². The van der Waals surface area contributed by atoms with Gasteiger partial charge in [0.1, 0.15) is 13.2 Å². The van der Waals surface area contributed by atoms with Crippen molar-refractivity contribution >= 4 is 17.9 Å². The summed E-state index contributed by atoms with van der Waals surface area (Å²) in [7, 11) is 5.98. The molecule has 0 heterocycles. The molecule has 9 heteroatoms. The number of hydrogen-bond donors (Lipinski definition) is 1. The van der Waals surface area contributed by atoms with Crippen LogP contribution in [0.4, 0.5) is 0 Å². The number of quaternary nitrogens is 1. The van der Waals surface area contributed by atoms with Crippen molar-refractivity contribution < 1.29 is 42.9 Å². The summed E-state index contributed by atoms with van der Waals surface area (Å²) in [6, 6.07) is 0. The number of likely N-dealkylation sites (N-methyl/N-ethyl adjacent to an activating group) is 1. The first kappa shape index (κ1) is 96.2. The fraction of sp³-hybridized carbons (Fsp3) is 0.707. The van der Waals surface area contributed by atoms with E-state index < -0.39 is 24.3 Å². The number of esters is 2. The third-order valence-corrected chi connectivity index (χ3v) is 18.1. The van der Waals surface area contributed by atoms with E-state index in [9.17, 15) is 19.5 Å². The van der Waals surface area contributed by atoms with Gasteiger partial charge in [-0.25, -0.2) is 4.79 Å². The molecule has 101 heavy (non-hydrogen) atoms. The van der Waals surface area contributed by atoms with Gasteiger partial charge in [-0.1, -0.05) is 372 Å². The highest BCUT2D eigenvalue weighted by molar-refractivity contribution is 5.71. The minimum absolute atomic E-state index is 0.180. The summed E-state index contributed by atoms with van der Waals surface area (Å²) in [5, 5.41) is 9.78. The van der Waals surface area contributed by atoms with Crippen LogP contribution in [-0.2, 0) is 33.3 Å². The van der Waals surface area contributed by atoms with Gasteiger partial charge in [0.15, 0.2) is 6.10 Å². The first-order valence-electron chi connectivity index (χ1n) is 42.0. The second kappa shape index (κ2) is 80.8. The molecule has 0 saturated heterocycles. The summed E-state index contributed by atoms with van der Waals surface area (Å²) in [5.74, 6) is -2.01. The van der Waals surface area contributed by atoms with Gasteiger partial charge in [-0.05, 0) is 122 Å². The van der Waals surface area contributed by atoms with Gasteiger partial charge in [0, 0.05) is 12.8 Å². The molecule has 0 aliphatic carbocycles.